The van der Waals surface area contributed by atoms with Crippen molar-refractivity contribution in [1.82, 2.24) is 5.32 Å². The molecule has 43 heavy (non-hydrogen) atoms. The van der Waals surface area contributed by atoms with Crippen molar-refractivity contribution < 1.29 is 56.9 Å². The number of hydrogen-bond donors (Lipinski definition) is 1. The van der Waals surface area contributed by atoms with Crippen LogP contribution in [0.5, 0.6) is 11.5 Å². The van der Waals surface area contributed by atoms with E-state index < -0.39 is 0 Å². The Morgan fingerprint density at radius 3 is 1.30 bits per heavy atom. The molecule has 13 heteroatoms. The quantitative estimate of drug-likeness (QED) is 0.118. The number of nitrogens with one attached hydrogen (secondary N) is 1. The molecule has 0 saturated heterocycles. The van der Waals surface area contributed by atoms with E-state index in [2.05, 4.69) is 12.2 Å². The van der Waals surface area contributed by atoms with Gasteiger partial charge in [-0.3, -0.25) is 4.79 Å². The van der Waals surface area contributed by atoms with Crippen molar-refractivity contribution in [2.75, 3.05) is 140 Å². The van der Waals surface area contributed by atoms with Crippen LogP contribution in [0.15, 0.2) is 18.2 Å². The Balaban J connectivity index is 2.43. The van der Waals surface area contributed by atoms with Gasteiger partial charge in [-0.25, -0.2) is 0 Å². The minimum absolute atomic E-state index is 0.267. The number of ether oxygens (including phenoxy) is 11. The van der Waals surface area contributed by atoms with Crippen LogP contribution in [0.1, 0.15) is 23.7 Å². The van der Waals surface area contributed by atoms with Gasteiger partial charge in [0.1, 0.15) is 24.7 Å². The topological polar surface area (TPSA) is 131 Å². The standard InChI is InChI=1S/C30H53NO12/c1-4-6-35-12-14-39-15-13-36-7-5-31-30(32)27-24-28(42-22-20-40-18-16-37-10-8-33-2)26-29(25-27)43-23-21-41-19-17-38-11-9-34-3/h24-26H,4-23H2,1-3H3,(H,31,32). The Bertz CT molecular complexity index is 730. The molecule has 0 spiro atoms. The number of hydrogen-bond acceptors (Lipinski definition) is 12. The first kappa shape index (κ1) is 39.0. The van der Waals surface area contributed by atoms with Crippen molar-refractivity contribution in [2.24, 2.45) is 0 Å². The summed E-state index contributed by atoms with van der Waals surface area (Å²) >= 11 is 0. The maximum absolute atomic E-state index is 12.8. The molecule has 0 unspecified atom stereocenters. The van der Waals surface area contributed by atoms with Crippen LogP contribution in [0.25, 0.3) is 0 Å². The number of amides is 1. The van der Waals surface area contributed by atoms with Crippen molar-refractivity contribution in [3.63, 3.8) is 0 Å². The molecular formula is C30H53NO12. The minimum atomic E-state index is -0.267. The molecule has 1 amide bonds. The summed E-state index contributed by atoms with van der Waals surface area (Å²) in [6.45, 7) is 10.9. The Labute approximate surface area is 256 Å². The van der Waals surface area contributed by atoms with Gasteiger partial charge in [0.25, 0.3) is 5.91 Å². The third-order valence-corrected chi connectivity index (χ3v) is 5.37. The van der Waals surface area contributed by atoms with Gasteiger partial charge in [-0.2, -0.15) is 0 Å². The van der Waals surface area contributed by atoms with E-state index in [4.69, 9.17) is 52.1 Å². The zero-order valence-corrected chi connectivity index (χ0v) is 26.3. The van der Waals surface area contributed by atoms with Crippen LogP contribution >= 0.6 is 0 Å². The largest absolute Gasteiger partial charge is 0.491 e. The molecule has 0 radical (unpaired) electrons. The van der Waals surface area contributed by atoms with Crippen LogP contribution in [0.2, 0.25) is 0 Å². The average molecular weight is 620 g/mol. The lowest BCUT2D eigenvalue weighted by Crippen LogP contribution is -2.27. The number of methoxy groups -OCH3 is 2. The predicted octanol–water partition coefficient (Wildman–Crippen LogP) is 1.99. The smallest absolute Gasteiger partial charge is 0.251 e. The summed E-state index contributed by atoms with van der Waals surface area (Å²) in [6, 6.07) is 5.06. The molecule has 0 aliphatic heterocycles. The molecule has 250 valence electrons. The van der Waals surface area contributed by atoms with E-state index in [1.54, 1.807) is 32.4 Å². The highest BCUT2D eigenvalue weighted by atomic mass is 16.6. The van der Waals surface area contributed by atoms with Crippen LogP contribution in [-0.4, -0.2) is 146 Å². The van der Waals surface area contributed by atoms with Gasteiger partial charge in [-0.05, 0) is 18.6 Å². The molecule has 1 aromatic rings. The normalized spacial score (nSPS) is 11.1. The summed E-state index contributed by atoms with van der Waals surface area (Å²) < 4.78 is 59.7. The zero-order chi connectivity index (χ0) is 31.1. The maximum Gasteiger partial charge on any atom is 0.251 e. The summed E-state index contributed by atoms with van der Waals surface area (Å²) in [5, 5.41) is 2.86. The first-order chi connectivity index (χ1) is 21.2. The lowest BCUT2D eigenvalue weighted by atomic mass is 10.2. The van der Waals surface area contributed by atoms with Crippen molar-refractivity contribution in [3.8, 4) is 11.5 Å². The summed E-state index contributed by atoms with van der Waals surface area (Å²) in [4.78, 5) is 12.8. The zero-order valence-electron chi connectivity index (χ0n) is 26.3. The predicted molar refractivity (Wildman–Crippen MR) is 160 cm³/mol. The van der Waals surface area contributed by atoms with E-state index >= 15 is 0 Å². The van der Waals surface area contributed by atoms with Crippen LogP contribution in [0.3, 0.4) is 0 Å². The van der Waals surface area contributed by atoms with Crippen LogP contribution < -0.4 is 14.8 Å². The fourth-order valence-corrected chi connectivity index (χ4v) is 3.26. The van der Waals surface area contributed by atoms with Gasteiger partial charge in [0.05, 0.1) is 99.1 Å². The Hall–Kier alpha value is -2.07. The SMILES string of the molecule is CCCOCCOCCOCCNC(=O)c1cc(OCCOCCOCCOC)cc(OCCOCCOCCOC)c1. The first-order valence-electron chi connectivity index (χ1n) is 14.9. The van der Waals surface area contributed by atoms with Crippen molar-refractivity contribution in [2.45, 2.75) is 13.3 Å². The second-order valence-electron chi connectivity index (χ2n) is 8.92. The van der Waals surface area contributed by atoms with Gasteiger partial charge in [-0.15, -0.1) is 0 Å². The molecule has 0 fully saturated rings. The Kier molecular flexibility index (Phi) is 27.2. The van der Waals surface area contributed by atoms with Gasteiger partial charge in [0.15, 0.2) is 0 Å². The molecule has 0 aromatic heterocycles. The number of carbonyl (C=O) groups excluding carboxylic acids is 1. The molecule has 0 heterocycles. The number of benzene rings is 1. The maximum atomic E-state index is 12.8. The third kappa shape index (κ3) is 24.0. The lowest BCUT2D eigenvalue weighted by molar-refractivity contribution is 0.0152. The molecule has 0 aliphatic carbocycles. The first-order valence-corrected chi connectivity index (χ1v) is 14.9. The van der Waals surface area contributed by atoms with E-state index in [1.165, 1.54) is 0 Å². The van der Waals surface area contributed by atoms with Gasteiger partial charge in [0.2, 0.25) is 0 Å². The summed E-state index contributed by atoms with van der Waals surface area (Å²) in [6.07, 6.45) is 0.990. The fraction of sp³-hybridized carbons (Fsp3) is 0.767. The summed E-state index contributed by atoms with van der Waals surface area (Å²) in [7, 11) is 3.25. The van der Waals surface area contributed by atoms with Crippen molar-refractivity contribution in [1.29, 1.82) is 0 Å². The number of carbonyl (C=O) groups is 1. The second-order valence-corrected chi connectivity index (χ2v) is 8.92. The van der Waals surface area contributed by atoms with Crippen LogP contribution in [0, 0.1) is 0 Å². The summed E-state index contributed by atoms with van der Waals surface area (Å²) in [5.74, 6) is 0.717. The van der Waals surface area contributed by atoms with Gasteiger partial charge >= 0.3 is 0 Å². The Morgan fingerprint density at radius 2 is 0.884 bits per heavy atom. The van der Waals surface area contributed by atoms with E-state index in [1.807, 2.05) is 0 Å². The molecule has 1 rings (SSSR count). The minimum Gasteiger partial charge on any atom is -0.491 e. The highest BCUT2D eigenvalue weighted by molar-refractivity contribution is 5.95. The fourth-order valence-electron chi connectivity index (χ4n) is 3.26. The lowest BCUT2D eigenvalue weighted by Gasteiger charge is -2.13. The second kappa shape index (κ2) is 30.0. The Morgan fingerprint density at radius 1 is 0.512 bits per heavy atom. The average Bonchev–Trinajstić information content (AvgIpc) is 3.02. The molecule has 1 N–H and O–H groups in total. The number of rotatable bonds is 32. The van der Waals surface area contributed by atoms with Gasteiger partial charge < -0.3 is 57.4 Å². The summed E-state index contributed by atoms with van der Waals surface area (Å²) in [5.41, 5.74) is 0.405. The molecule has 1 aromatic carbocycles. The highest BCUT2D eigenvalue weighted by Crippen LogP contribution is 2.23. The molecule has 0 aliphatic rings. The molecular weight excluding hydrogens is 566 g/mol. The van der Waals surface area contributed by atoms with Crippen LogP contribution in [0.4, 0.5) is 0 Å². The molecule has 0 bridgehead atoms. The van der Waals surface area contributed by atoms with E-state index in [-0.39, 0.29) is 5.91 Å². The van der Waals surface area contributed by atoms with E-state index in [0.29, 0.717) is 136 Å². The molecule has 13 nitrogen and oxygen atoms in total. The van der Waals surface area contributed by atoms with Crippen molar-refractivity contribution >= 4 is 5.91 Å². The monoisotopic (exact) mass is 619 g/mol. The molecule has 0 atom stereocenters. The highest BCUT2D eigenvalue weighted by Gasteiger charge is 2.11. The third-order valence-electron chi connectivity index (χ3n) is 5.37. The van der Waals surface area contributed by atoms with Gasteiger partial charge in [-0.1, -0.05) is 6.92 Å². The van der Waals surface area contributed by atoms with E-state index in [9.17, 15) is 4.79 Å². The van der Waals surface area contributed by atoms with E-state index in [0.717, 1.165) is 13.0 Å². The van der Waals surface area contributed by atoms with Crippen LogP contribution in [-0.2, 0) is 42.6 Å². The van der Waals surface area contributed by atoms with Gasteiger partial charge in [0, 0.05) is 39.0 Å². The molecule has 0 saturated carbocycles. The van der Waals surface area contributed by atoms with Crippen molar-refractivity contribution in [3.05, 3.63) is 23.8 Å².